The maximum Gasteiger partial charge on any atom is 0.416 e. The molecular weight excluding hydrogens is 667 g/mol. The summed E-state index contributed by atoms with van der Waals surface area (Å²) in [6.45, 7) is 3.45. The Morgan fingerprint density at radius 3 is 1.90 bits per heavy atom. The van der Waals surface area contributed by atoms with E-state index in [9.17, 15) is 42.3 Å². The lowest BCUT2D eigenvalue weighted by Gasteiger charge is -2.29. The first-order chi connectivity index (χ1) is 24.1. The number of primary amides is 1. The third-order valence-electron chi connectivity index (χ3n) is 8.69. The molecule has 0 heterocycles. The number of carbonyl (C=O) groups excluding carboxylic acids is 5. The molecule has 0 spiro atoms. The maximum absolute atomic E-state index is 13.7. The van der Waals surface area contributed by atoms with Gasteiger partial charge in [0.05, 0.1) is 6.04 Å². The molecule has 272 valence electrons. The second kappa shape index (κ2) is 16.6. The molecule has 4 unspecified atom stereocenters. The lowest BCUT2D eigenvalue weighted by molar-refractivity contribution is -0.213. The number of nitrogens with two attached hydrogens (primary N) is 1. The molecule has 0 saturated heterocycles. The molecule has 4 atom stereocenters. The van der Waals surface area contributed by atoms with Gasteiger partial charge in [-0.05, 0) is 54.0 Å². The number of aliphatic hydroxyl groups is 1. The van der Waals surface area contributed by atoms with Gasteiger partial charge in [0, 0.05) is 18.4 Å². The van der Waals surface area contributed by atoms with Crippen LogP contribution < -0.4 is 27.0 Å². The highest BCUT2D eigenvalue weighted by molar-refractivity contribution is 6.00. The van der Waals surface area contributed by atoms with Crippen LogP contribution in [0.3, 0.4) is 0 Å². The van der Waals surface area contributed by atoms with E-state index in [1.807, 2.05) is 30.3 Å². The maximum atomic E-state index is 13.7. The van der Waals surface area contributed by atoms with Crippen LogP contribution in [0.15, 0.2) is 84.9 Å². The van der Waals surface area contributed by atoms with Crippen molar-refractivity contribution in [1.82, 2.24) is 21.3 Å². The van der Waals surface area contributed by atoms with E-state index in [0.717, 1.165) is 11.1 Å². The van der Waals surface area contributed by atoms with E-state index in [0.29, 0.717) is 11.1 Å². The van der Waals surface area contributed by atoms with Crippen LogP contribution in [0.2, 0.25) is 0 Å². The van der Waals surface area contributed by atoms with Crippen LogP contribution in [0.25, 0.3) is 11.1 Å². The average molecular weight is 710 g/mol. The minimum absolute atomic E-state index is 0.0101. The number of halogens is 3. The van der Waals surface area contributed by atoms with Crippen molar-refractivity contribution < 1.29 is 42.3 Å². The molecule has 0 aromatic heterocycles. The van der Waals surface area contributed by atoms with Crippen molar-refractivity contribution in [1.29, 1.82) is 0 Å². The van der Waals surface area contributed by atoms with E-state index in [2.05, 4.69) is 21.3 Å². The highest BCUT2D eigenvalue weighted by atomic mass is 19.4. The number of hydrogen-bond donors (Lipinski definition) is 6. The van der Waals surface area contributed by atoms with Gasteiger partial charge in [0.25, 0.3) is 5.91 Å². The molecule has 3 aromatic carbocycles. The third kappa shape index (κ3) is 10.6. The number of amides is 5. The van der Waals surface area contributed by atoms with Crippen molar-refractivity contribution in [2.24, 2.45) is 11.7 Å². The predicted octanol–water partition coefficient (Wildman–Crippen LogP) is 3.16. The summed E-state index contributed by atoms with van der Waals surface area (Å²) in [6.07, 6.45) is -9.06. The monoisotopic (exact) mass is 709 g/mol. The Morgan fingerprint density at radius 1 is 0.804 bits per heavy atom. The van der Waals surface area contributed by atoms with Gasteiger partial charge in [-0.2, -0.15) is 13.2 Å². The van der Waals surface area contributed by atoms with Crippen LogP contribution in [-0.4, -0.2) is 70.6 Å². The molecule has 1 aliphatic carbocycles. The van der Waals surface area contributed by atoms with Crippen molar-refractivity contribution >= 4 is 29.5 Å². The number of rotatable bonds is 16. The predicted molar refractivity (Wildman–Crippen MR) is 183 cm³/mol. The Balaban J connectivity index is 1.48. The summed E-state index contributed by atoms with van der Waals surface area (Å²) >= 11 is 0. The molecule has 0 bridgehead atoms. The normalized spacial score (nSPS) is 15.8. The second-order valence-corrected chi connectivity index (χ2v) is 13.0. The van der Waals surface area contributed by atoms with Gasteiger partial charge in [-0.1, -0.05) is 86.6 Å². The Kier molecular flexibility index (Phi) is 12.6. The summed E-state index contributed by atoms with van der Waals surface area (Å²) < 4.78 is 40.1. The standard InChI is InChI=1S/C37H42F3N5O6/c1-22(2)30(44-32(48)26-15-13-25(14-16-26)24-11-7-4-8-12-24)34(50)42-28(21-23-9-5-3-6-10-23)33(49)45-36(19-20-36)35(51)43-27(17-18-29(41)46)31(47)37(38,39)40/h3-16,22,27-28,30-31,47H,17-21H2,1-2H3,(H2,41,46)(H,42,50)(H,43,51)(H,44,48)(H,45,49). The molecule has 4 rings (SSSR count). The molecule has 11 nitrogen and oxygen atoms in total. The largest absolute Gasteiger partial charge is 0.416 e. The molecule has 3 aromatic rings. The van der Waals surface area contributed by atoms with E-state index in [1.54, 1.807) is 68.4 Å². The molecule has 14 heteroatoms. The summed E-state index contributed by atoms with van der Waals surface area (Å²) in [7, 11) is 0. The van der Waals surface area contributed by atoms with Gasteiger partial charge in [-0.3, -0.25) is 24.0 Å². The molecule has 0 aliphatic heterocycles. The van der Waals surface area contributed by atoms with E-state index in [-0.39, 0.29) is 19.3 Å². The van der Waals surface area contributed by atoms with E-state index in [4.69, 9.17) is 5.73 Å². The lowest BCUT2D eigenvalue weighted by atomic mass is 9.99. The van der Waals surface area contributed by atoms with Gasteiger partial charge in [0.1, 0.15) is 17.6 Å². The molecule has 51 heavy (non-hydrogen) atoms. The van der Waals surface area contributed by atoms with Gasteiger partial charge < -0.3 is 32.1 Å². The van der Waals surface area contributed by atoms with Crippen molar-refractivity contribution in [2.45, 2.75) is 81.9 Å². The fourth-order valence-electron chi connectivity index (χ4n) is 5.52. The van der Waals surface area contributed by atoms with E-state index < -0.39 is 84.2 Å². The summed E-state index contributed by atoms with van der Waals surface area (Å²) in [5.74, 6) is -4.26. The second-order valence-electron chi connectivity index (χ2n) is 13.0. The molecule has 5 amide bonds. The summed E-state index contributed by atoms with van der Waals surface area (Å²) in [6, 6.07) is 20.9. The zero-order chi connectivity index (χ0) is 37.3. The molecule has 1 fully saturated rings. The number of alkyl halides is 3. The van der Waals surface area contributed by atoms with Gasteiger partial charge in [0.2, 0.25) is 23.6 Å². The number of hydrogen-bond acceptors (Lipinski definition) is 6. The van der Waals surface area contributed by atoms with Crippen LogP contribution in [0.4, 0.5) is 13.2 Å². The Morgan fingerprint density at radius 2 is 1.37 bits per heavy atom. The number of benzene rings is 3. The summed E-state index contributed by atoms with van der Waals surface area (Å²) in [4.78, 5) is 65.2. The molecule has 1 aliphatic rings. The topological polar surface area (TPSA) is 180 Å². The Bertz CT molecular complexity index is 1680. The fraction of sp³-hybridized carbons (Fsp3) is 0.378. The molecule has 1 saturated carbocycles. The zero-order valence-corrected chi connectivity index (χ0v) is 28.2. The third-order valence-corrected chi connectivity index (χ3v) is 8.69. The van der Waals surface area contributed by atoms with Gasteiger partial charge >= 0.3 is 6.18 Å². The van der Waals surface area contributed by atoms with E-state index >= 15 is 0 Å². The number of carbonyl (C=O) groups is 5. The molecular formula is C37H42F3N5O6. The van der Waals surface area contributed by atoms with Crippen molar-refractivity contribution in [3.63, 3.8) is 0 Å². The molecule has 7 N–H and O–H groups in total. The Hall–Kier alpha value is -5.24. The lowest BCUT2D eigenvalue weighted by Crippen LogP contribution is -2.60. The first-order valence-electron chi connectivity index (χ1n) is 16.6. The van der Waals surface area contributed by atoms with Crippen LogP contribution in [0.1, 0.15) is 55.5 Å². The first-order valence-corrected chi connectivity index (χ1v) is 16.6. The van der Waals surface area contributed by atoms with Crippen LogP contribution in [-0.2, 0) is 25.6 Å². The van der Waals surface area contributed by atoms with Crippen LogP contribution in [0, 0.1) is 5.92 Å². The fourth-order valence-corrected chi connectivity index (χ4v) is 5.52. The highest BCUT2D eigenvalue weighted by Crippen LogP contribution is 2.36. The van der Waals surface area contributed by atoms with Gasteiger partial charge in [-0.15, -0.1) is 0 Å². The quantitative estimate of drug-likeness (QED) is 0.133. The average Bonchev–Trinajstić information content (AvgIpc) is 3.89. The smallest absolute Gasteiger partial charge is 0.382 e. The van der Waals surface area contributed by atoms with E-state index in [1.165, 1.54) is 0 Å². The molecule has 0 radical (unpaired) electrons. The van der Waals surface area contributed by atoms with Crippen molar-refractivity contribution in [2.75, 3.05) is 0 Å². The highest BCUT2D eigenvalue weighted by Gasteiger charge is 2.54. The van der Waals surface area contributed by atoms with Crippen molar-refractivity contribution in [3.05, 3.63) is 96.1 Å². The minimum Gasteiger partial charge on any atom is -0.382 e. The summed E-state index contributed by atoms with van der Waals surface area (Å²) in [5, 5.41) is 20.0. The number of nitrogens with one attached hydrogen (secondary N) is 4. The number of aliphatic hydroxyl groups excluding tert-OH is 1. The van der Waals surface area contributed by atoms with Gasteiger partial charge in [-0.25, -0.2) is 0 Å². The zero-order valence-electron chi connectivity index (χ0n) is 28.2. The first kappa shape index (κ1) is 38.6. The van der Waals surface area contributed by atoms with Crippen LogP contribution >= 0.6 is 0 Å². The van der Waals surface area contributed by atoms with Crippen LogP contribution in [0.5, 0.6) is 0 Å². The minimum atomic E-state index is -5.10. The van der Waals surface area contributed by atoms with Gasteiger partial charge in [0.15, 0.2) is 6.10 Å². The summed E-state index contributed by atoms with van der Waals surface area (Å²) in [5.41, 5.74) is 6.32. The SMILES string of the molecule is CC(C)C(NC(=O)c1ccc(-c2ccccc2)cc1)C(=O)NC(Cc1ccccc1)C(=O)NC1(C(=O)NC(CCC(N)=O)C(O)C(F)(F)F)CC1. The van der Waals surface area contributed by atoms with Crippen molar-refractivity contribution in [3.8, 4) is 11.1 Å². The Labute approximate surface area is 293 Å².